The Morgan fingerprint density at radius 1 is 1.73 bits per heavy atom. The van der Waals surface area contributed by atoms with Crippen LogP contribution in [0.4, 0.5) is 0 Å². The van der Waals surface area contributed by atoms with Crippen LogP contribution in [-0.4, -0.2) is 15.6 Å². The van der Waals surface area contributed by atoms with E-state index >= 15 is 0 Å². The molecule has 0 aliphatic rings. The highest BCUT2D eigenvalue weighted by atomic mass is 32.2. The van der Waals surface area contributed by atoms with Gasteiger partial charge in [0.2, 0.25) is 0 Å². The molecule has 0 aromatic carbocycles. The molecule has 0 bridgehead atoms. The SMILES string of the molecule is C=CC(N)Sc1cccnn1. The van der Waals surface area contributed by atoms with Crippen molar-refractivity contribution in [3.05, 3.63) is 31.0 Å². The molecule has 58 valence electrons. The average molecular weight is 167 g/mol. The lowest BCUT2D eigenvalue weighted by molar-refractivity contribution is 0.925. The van der Waals surface area contributed by atoms with Gasteiger partial charge in [-0.1, -0.05) is 17.8 Å². The van der Waals surface area contributed by atoms with Crippen molar-refractivity contribution in [2.75, 3.05) is 0 Å². The van der Waals surface area contributed by atoms with E-state index in [9.17, 15) is 0 Å². The van der Waals surface area contributed by atoms with Gasteiger partial charge in [0, 0.05) is 6.20 Å². The van der Waals surface area contributed by atoms with E-state index in [4.69, 9.17) is 5.73 Å². The van der Waals surface area contributed by atoms with Crippen LogP contribution in [0.3, 0.4) is 0 Å². The van der Waals surface area contributed by atoms with E-state index in [0.29, 0.717) is 0 Å². The van der Waals surface area contributed by atoms with Gasteiger partial charge in [-0.15, -0.1) is 11.7 Å². The van der Waals surface area contributed by atoms with Crippen molar-refractivity contribution in [3.8, 4) is 0 Å². The van der Waals surface area contributed by atoms with Gasteiger partial charge in [0.05, 0.1) is 5.37 Å². The highest BCUT2D eigenvalue weighted by Gasteiger charge is 1.99. The first-order valence-electron chi connectivity index (χ1n) is 3.15. The normalized spacial score (nSPS) is 12.5. The first-order valence-corrected chi connectivity index (χ1v) is 4.03. The third kappa shape index (κ3) is 2.69. The maximum absolute atomic E-state index is 5.58. The van der Waals surface area contributed by atoms with Gasteiger partial charge >= 0.3 is 0 Å². The summed E-state index contributed by atoms with van der Waals surface area (Å²) in [6.07, 6.45) is 3.29. The monoisotopic (exact) mass is 167 g/mol. The Labute approximate surface area is 69.7 Å². The molecule has 0 amide bonds. The van der Waals surface area contributed by atoms with Crippen molar-refractivity contribution >= 4 is 11.8 Å². The van der Waals surface area contributed by atoms with Crippen molar-refractivity contribution in [3.63, 3.8) is 0 Å². The molecular formula is C7H9N3S. The molecule has 2 N–H and O–H groups in total. The molecule has 0 aliphatic heterocycles. The number of rotatable bonds is 3. The second-order valence-electron chi connectivity index (χ2n) is 1.88. The summed E-state index contributed by atoms with van der Waals surface area (Å²) in [5.41, 5.74) is 5.58. The van der Waals surface area contributed by atoms with E-state index in [1.165, 1.54) is 11.8 Å². The highest BCUT2D eigenvalue weighted by Crippen LogP contribution is 2.16. The summed E-state index contributed by atoms with van der Waals surface area (Å²) < 4.78 is 0. The van der Waals surface area contributed by atoms with E-state index < -0.39 is 0 Å². The molecule has 11 heavy (non-hydrogen) atoms. The predicted molar refractivity (Wildman–Crippen MR) is 46.1 cm³/mol. The van der Waals surface area contributed by atoms with E-state index in [2.05, 4.69) is 16.8 Å². The Balaban J connectivity index is 2.57. The molecule has 4 heteroatoms. The first-order chi connectivity index (χ1) is 5.33. The molecule has 1 aromatic rings. The Bertz CT molecular complexity index is 224. The van der Waals surface area contributed by atoms with Crippen LogP contribution in [-0.2, 0) is 0 Å². The van der Waals surface area contributed by atoms with Gasteiger partial charge in [-0.25, -0.2) is 0 Å². The number of thioether (sulfide) groups is 1. The molecule has 1 unspecified atom stereocenters. The molecule has 1 atom stereocenters. The second kappa shape index (κ2) is 4.10. The summed E-state index contributed by atoms with van der Waals surface area (Å²) in [5.74, 6) is 0. The highest BCUT2D eigenvalue weighted by molar-refractivity contribution is 8.00. The summed E-state index contributed by atoms with van der Waals surface area (Å²) in [6, 6.07) is 3.69. The molecule has 0 saturated carbocycles. The van der Waals surface area contributed by atoms with Gasteiger partial charge in [-0.05, 0) is 12.1 Å². The fourth-order valence-corrected chi connectivity index (χ4v) is 1.16. The lowest BCUT2D eigenvalue weighted by Crippen LogP contribution is -2.10. The molecule has 1 aromatic heterocycles. The number of hydrogen-bond acceptors (Lipinski definition) is 4. The molecule has 0 saturated heterocycles. The van der Waals surface area contributed by atoms with Gasteiger partial charge in [-0.2, -0.15) is 5.10 Å². The smallest absolute Gasteiger partial charge is 0.121 e. The van der Waals surface area contributed by atoms with Crippen molar-refractivity contribution in [1.29, 1.82) is 0 Å². The van der Waals surface area contributed by atoms with E-state index in [1.807, 2.05) is 12.1 Å². The van der Waals surface area contributed by atoms with Crippen LogP contribution in [0.5, 0.6) is 0 Å². The molecule has 3 nitrogen and oxygen atoms in total. The Kier molecular flexibility index (Phi) is 3.07. The third-order valence-corrected chi connectivity index (χ3v) is 1.96. The van der Waals surface area contributed by atoms with Crippen LogP contribution in [0, 0.1) is 0 Å². The summed E-state index contributed by atoms with van der Waals surface area (Å²) in [6.45, 7) is 3.56. The molecule has 1 rings (SSSR count). The van der Waals surface area contributed by atoms with Crippen LogP contribution >= 0.6 is 11.8 Å². The lowest BCUT2D eigenvalue weighted by Gasteiger charge is -2.02. The van der Waals surface area contributed by atoms with Crippen molar-refractivity contribution in [1.82, 2.24) is 10.2 Å². The lowest BCUT2D eigenvalue weighted by atomic mass is 10.6. The minimum absolute atomic E-state index is 0.105. The zero-order valence-electron chi connectivity index (χ0n) is 5.97. The van der Waals surface area contributed by atoms with Gasteiger partial charge in [0.15, 0.2) is 0 Å². The van der Waals surface area contributed by atoms with Gasteiger partial charge < -0.3 is 5.73 Å². The van der Waals surface area contributed by atoms with Crippen LogP contribution in [0.25, 0.3) is 0 Å². The topological polar surface area (TPSA) is 51.8 Å². The molecule has 0 fully saturated rings. The minimum atomic E-state index is -0.105. The number of aromatic nitrogens is 2. The predicted octanol–water partition coefficient (Wildman–Crippen LogP) is 1.04. The van der Waals surface area contributed by atoms with Crippen molar-refractivity contribution in [2.45, 2.75) is 10.4 Å². The van der Waals surface area contributed by atoms with Crippen LogP contribution in [0.2, 0.25) is 0 Å². The van der Waals surface area contributed by atoms with Crippen LogP contribution < -0.4 is 5.73 Å². The Hall–Kier alpha value is -0.870. The molecule has 0 aliphatic carbocycles. The summed E-state index contributed by atoms with van der Waals surface area (Å²) >= 11 is 1.43. The molecular weight excluding hydrogens is 158 g/mol. The van der Waals surface area contributed by atoms with E-state index in [1.54, 1.807) is 12.3 Å². The minimum Gasteiger partial charge on any atom is -0.316 e. The Morgan fingerprint density at radius 2 is 2.55 bits per heavy atom. The number of nitrogens with two attached hydrogens (primary N) is 1. The summed E-state index contributed by atoms with van der Waals surface area (Å²) in [7, 11) is 0. The van der Waals surface area contributed by atoms with Crippen LogP contribution in [0.1, 0.15) is 0 Å². The van der Waals surface area contributed by atoms with Gasteiger partial charge in [0.1, 0.15) is 5.03 Å². The van der Waals surface area contributed by atoms with Gasteiger partial charge in [0.25, 0.3) is 0 Å². The van der Waals surface area contributed by atoms with Crippen molar-refractivity contribution in [2.24, 2.45) is 5.73 Å². The third-order valence-electron chi connectivity index (χ3n) is 1.04. The molecule has 0 spiro atoms. The number of hydrogen-bond donors (Lipinski definition) is 1. The standard InChI is InChI=1S/C7H9N3S/c1-2-6(8)11-7-4-3-5-9-10-7/h2-6H,1,8H2. The Morgan fingerprint density at radius 3 is 3.09 bits per heavy atom. The van der Waals surface area contributed by atoms with Crippen molar-refractivity contribution < 1.29 is 0 Å². The fourth-order valence-electron chi connectivity index (χ4n) is 0.538. The zero-order valence-corrected chi connectivity index (χ0v) is 6.79. The number of nitrogens with zero attached hydrogens (tertiary/aromatic N) is 2. The summed E-state index contributed by atoms with van der Waals surface area (Å²) in [4.78, 5) is 0. The summed E-state index contributed by atoms with van der Waals surface area (Å²) in [5, 5.41) is 8.28. The maximum Gasteiger partial charge on any atom is 0.121 e. The van der Waals surface area contributed by atoms with Gasteiger partial charge in [-0.3, -0.25) is 0 Å². The maximum atomic E-state index is 5.58. The van der Waals surface area contributed by atoms with E-state index in [-0.39, 0.29) is 5.37 Å². The second-order valence-corrected chi connectivity index (χ2v) is 3.08. The van der Waals surface area contributed by atoms with Crippen LogP contribution in [0.15, 0.2) is 36.0 Å². The quantitative estimate of drug-likeness (QED) is 0.415. The first kappa shape index (κ1) is 8.23. The molecule has 0 radical (unpaired) electrons. The molecule has 1 heterocycles. The largest absolute Gasteiger partial charge is 0.316 e. The zero-order chi connectivity index (χ0) is 8.10. The average Bonchev–Trinajstić information content (AvgIpc) is 2.06. The van der Waals surface area contributed by atoms with E-state index in [0.717, 1.165) is 5.03 Å². The fraction of sp³-hybridized carbons (Fsp3) is 0.143.